The molecule has 2 aromatic rings. The molecule has 0 heterocycles. The molecule has 0 fully saturated rings. The Morgan fingerprint density at radius 1 is 1.00 bits per heavy atom. The second kappa shape index (κ2) is 6.15. The molecule has 0 radical (unpaired) electrons. The summed E-state index contributed by atoms with van der Waals surface area (Å²) in [5.41, 5.74) is 2.59. The van der Waals surface area contributed by atoms with Gasteiger partial charge in [0, 0.05) is 21.5 Å². The number of aliphatic hydroxyl groups excluding tert-OH is 1. The van der Waals surface area contributed by atoms with Crippen molar-refractivity contribution in [2.24, 2.45) is 0 Å². The van der Waals surface area contributed by atoms with E-state index in [0.29, 0.717) is 21.5 Å². The third-order valence-electron chi connectivity index (χ3n) is 2.99. The summed E-state index contributed by atoms with van der Waals surface area (Å²) in [5.74, 6) is 0. The minimum atomic E-state index is -0.632. The lowest BCUT2D eigenvalue weighted by molar-refractivity contribution is 0.178. The number of rotatable bonds is 3. The molecule has 0 aliphatic heterocycles. The van der Waals surface area contributed by atoms with Crippen molar-refractivity contribution in [1.82, 2.24) is 0 Å². The van der Waals surface area contributed by atoms with Gasteiger partial charge < -0.3 is 5.11 Å². The summed E-state index contributed by atoms with van der Waals surface area (Å²) in [6, 6.07) is 10.7. The molecule has 2 aromatic carbocycles. The van der Waals surface area contributed by atoms with E-state index >= 15 is 0 Å². The fourth-order valence-corrected chi connectivity index (χ4v) is 2.41. The summed E-state index contributed by atoms with van der Waals surface area (Å²) in [6.07, 6.45) is -0.215. The monoisotopic (exact) mass is 314 g/mol. The third-order valence-corrected chi connectivity index (χ3v) is 4.02. The lowest BCUT2D eigenvalue weighted by Gasteiger charge is -2.13. The molecule has 1 nitrogen and oxygen atoms in total. The summed E-state index contributed by atoms with van der Waals surface area (Å²) < 4.78 is 0. The van der Waals surface area contributed by atoms with Crippen LogP contribution in [-0.4, -0.2) is 5.11 Å². The minimum absolute atomic E-state index is 0.417. The number of benzene rings is 2. The maximum absolute atomic E-state index is 10.3. The fraction of sp³-hybridized carbons (Fsp3) is 0.200. The highest BCUT2D eigenvalue weighted by atomic mass is 35.5. The summed E-state index contributed by atoms with van der Waals surface area (Å²) in [6.45, 7) is 1.91. The number of halogens is 3. The van der Waals surface area contributed by atoms with Gasteiger partial charge in [-0.15, -0.1) is 0 Å². The van der Waals surface area contributed by atoms with Crippen LogP contribution in [-0.2, 0) is 6.42 Å². The zero-order valence-electron chi connectivity index (χ0n) is 10.3. The molecule has 0 bridgehead atoms. The van der Waals surface area contributed by atoms with Crippen LogP contribution >= 0.6 is 34.8 Å². The van der Waals surface area contributed by atoms with Gasteiger partial charge in [0.25, 0.3) is 0 Å². The van der Waals surface area contributed by atoms with Gasteiger partial charge in [0.15, 0.2) is 0 Å². The molecule has 0 aromatic heterocycles. The first-order valence-electron chi connectivity index (χ1n) is 5.85. The SMILES string of the molecule is Cc1cc(C(O)Cc2cc(Cl)ccc2Cl)ccc1Cl. The summed E-state index contributed by atoms with van der Waals surface area (Å²) in [4.78, 5) is 0. The zero-order valence-corrected chi connectivity index (χ0v) is 12.6. The van der Waals surface area contributed by atoms with Crippen LogP contribution in [0.15, 0.2) is 36.4 Å². The van der Waals surface area contributed by atoms with Gasteiger partial charge in [0.1, 0.15) is 0 Å². The Kier molecular flexibility index (Phi) is 4.75. The standard InChI is InChI=1S/C15H13Cl3O/c1-9-6-10(2-4-13(9)17)15(19)8-11-7-12(16)3-5-14(11)18/h2-7,15,19H,8H2,1H3. The van der Waals surface area contributed by atoms with E-state index in [1.54, 1.807) is 24.3 Å². The van der Waals surface area contributed by atoms with Crippen LogP contribution in [0.25, 0.3) is 0 Å². The highest BCUT2D eigenvalue weighted by Crippen LogP contribution is 2.27. The first-order chi connectivity index (χ1) is 8.97. The molecule has 0 saturated heterocycles. The highest BCUT2D eigenvalue weighted by Gasteiger charge is 2.12. The van der Waals surface area contributed by atoms with Crippen molar-refractivity contribution >= 4 is 34.8 Å². The number of hydrogen-bond donors (Lipinski definition) is 1. The predicted octanol–water partition coefficient (Wildman–Crippen LogP) is 5.23. The molecule has 0 aliphatic rings. The van der Waals surface area contributed by atoms with Gasteiger partial charge in [-0.05, 0) is 47.9 Å². The van der Waals surface area contributed by atoms with E-state index in [1.165, 1.54) is 0 Å². The van der Waals surface area contributed by atoms with E-state index in [2.05, 4.69) is 0 Å². The maximum Gasteiger partial charge on any atom is 0.0831 e. The normalized spacial score (nSPS) is 12.5. The fourth-order valence-electron chi connectivity index (χ4n) is 1.90. The number of aryl methyl sites for hydroxylation is 1. The first kappa shape index (κ1) is 14.7. The van der Waals surface area contributed by atoms with Crippen molar-refractivity contribution in [3.63, 3.8) is 0 Å². The third kappa shape index (κ3) is 3.64. The molecule has 19 heavy (non-hydrogen) atoms. The first-order valence-corrected chi connectivity index (χ1v) is 6.99. The van der Waals surface area contributed by atoms with Crippen molar-refractivity contribution < 1.29 is 5.11 Å². The van der Waals surface area contributed by atoms with Crippen molar-refractivity contribution in [1.29, 1.82) is 0 Å². The van der Waals surface area contributed by atoms with Gasteiger partial charge in [0.2, 0.25) is 0 Å². The van der Waals surface area contributed by atoms with Crippen molar-refractivity contribution in [3.05, 3.63) is 68.2 Å². The summed E-state index contributed by atoms with van der Waals surface area (Å²) >= 11 is 18.0. The van der Waals surface area contributed by atoms with E-state index in [9.17, 15) is 5.11 Å². The molecule has 1 N–H and O–H groups in total. The Bertz CT molecular complexity index is 596. The van der Waals surface area contributed by atoms with Gasteiger partial charge in [-0.25, -0.2) is 0 Å². The van der Waals surface area contributed by atoms with Gasteiger partial charge in [0.05, 0.1) is 6.10 Å². The Hall–Kier alpha value is -0.730. The summed E-state index contributed by atoms with van der Waals surface area (Å²) in [7, 11) is 0. The van der Waals surface area contributed by atoms with Gasteiger partial charge >= 0.3 is 0 Å². The van der Waals surface area contributed by atoms with Gasteiger partial charge in [-0.3, -0.25) is 0 Å². The van der Waals surface area contributed by atoms with Crippen LogP contribution in [0.5, 0.6) is 0 Å². The predicted molar refractivity (Wildman–Crippen MR) is 81.3 cm³/mol. The average Bonchev–Trinajstić information content (AvgIpc) is 2.37. The Labute approximate surface area is 127 Å². The van der Waals surface area contributed by atoms with Crippen molar-refractivity contribution in [3.8, 4) is 0 Å². The highest BCUT2D eigenvalue weighted by molar-refractivity contribution is 6.33. The molecule has 1 unspecified atom stereocenters. The quantitative estimate of drug-likeness (QED) is 0.822. The zero-order chi connectivity index (χ0) is 14.0. The summed E-state index contributed by atoms with van der Waals surface area (Å²) in [5, 5.41) is 12.2. The second-order valence-electron chi connectivity index (χ2n) is 4.46. The number of hydrogen-bond acceptors (Lipinski definition) is 1. The number of aliphatic hydroxyl groups is 1. The Morgan fingerprint density at radius 2 is 1.68 bits per heavy atom. The Balaban J connectivity index is 2.22. The topological polar surface area (TPSA) is 20.2 Å². The van der Waals surface area contributed by atoms with E-state index in [0.717, 1.165) is 16.7 Å². The second-order valence-corrected chi connectivity index (χ2v) is 5.72. The van der Waals surface area contributed by atoms with Crippen molar-refractivity contribution in [2.75, 3.05) is 0 Å². The molecule has 2 rings (SSSR count). The van der Waals surface area contributed by atoms with Crippen LogP contribution in [0.2, 0.25) is 15.1 Å². The smallest absolute Gasteiger partial charge is 0.0831 e. The lowest BCUT2D eigenvalue weighted by Crippen LogP contribution is -2.02. The molecule has 100 valence electrons. The van der Waals surface area contributed by atoms with E-state index in [1.807, 2.05) is 19.1 Å². The largest absolute Gasteiger partial charge is 0.388 e. The molecule has 0 saturated carbocycles. The molecule has 0 aliphatic carbocycles. The Morgan fingerprint density at radius 3 is 2.37 bits per heavy atom. The molecule has 4 heteroatoms. The molecular weight excluding hydrogens is 303 g/mol. The van der Waals surface area contributed by atoms with Gasteiger partial charge in [-0.1, -0.05) is 46.9 Å². The molecule has 1 atom stereocenters. The van der Waals surface area contributed by atoms with Crippen LogP contribution in [0.3, 0.4) is 0 Å². The van der Waals surface area contributed by atoms with Gasteiger partial charge in [-0.2, -0.15) is 0 Å². The van der Waals surface area contributed by atoms with Crippen LogP contribution < -0.4 is 0 Å². The lowest BCUT2D eigenvalue weighted by atomic mass is 10.00. The van der Waals surface area contributed by atoms with E-state index in [4.69, 9.17) is 34.8 Å². The molecule has 0 amide bonds. The maximum atomic E-state index is 10.3. The molecule has 0 spiro atoms. The van der Waals surface area contributed by atoms with Crippen LogP contribution in [0, 0.1) is 6.92 Å². The average molecular weight is 316 g/mol. The van der Waals surface area contributed by atoms with E-state index in [-0.39, 0.29) is 0 Å². The minimum Gasteiger partial charge on any atom is -0.388 e. The molecular formula is C15H13Cl3O. The van der Waals surface area contributed by atoms with Crippen LogP contribution in [0.4, 0.5) is 0 Å². The van der Waals surface area contributed by atoms with Crippen LogP contribution in [0.1, 0.15) is 22.8 Å². The van der Waals surface area contributed by atoms with Crippen molar-refractivity contribution in [2.45, 2.75) is 19.4 Å². The van der Waals surface area contributed by atoms with E-state index < -0.39 is 6.10 Å².